The van der Waals surface area contributed by atoms with Crippen LogP contribution in [0.3, 0.4) is 0 Å². The van der Waals surface area contributed by atoms with Crippen LogP contribution < -0.4 is 16.4 Å². The van der Waals surface area contributed by atoms with Crippen molar-refractivity contribution < 1.29 is 9.59 Å². The molecule has 2 aliphatic rings. The van der Waals surface area contributed by atoms with Gasteiger partial charge in [-0.15, -0.1) is 0 Å². The van der Waals surface area contributed by atoms with Gasteiger partial charge in [0, 0.05) is 37.8 Å². The number of aliphatic imine (C=N–C) groups is 2. The maximum absolute atomic E-state index is 12.6. The van der Waals surface area contributed by atoms with E-state index in [1.54, 1.807) is 24.0 Å². The van der Waals surface area contributed by atoms with Crippen molar-refractivity contribution in [3.63, 3.8) is 0 Å². The van der Waals surface area contributed by atoms with Gasteiger partial charge in [-0.05, 0) is 38.3 Å². The predicted octanol–water partition coefficient (Wildman–Crippen LogP) is 2.15. The third kappa shape index (κ3) is 7.17. The first-order valence-electron chi connectivity index (χ1n) is 10.7. The third-order valence-corrected chi connectivity index (χ3v) is 4.86. The summed E-state index contributed by atoms with van der Waals surface area (Å²) in [5.41, 5.74) is 6.97. The second-order valence-electron chi connectivity index (χ2n) is 7.54. The van der Waals surface area contributed by atoms with Gasteiger partial charge in [-0.2, -0.15) is 0 Å². The Labute approximate surface area is 179 Å². The van der Waals surface area contributed by atoms with E-state index in [1.807, 2.05) is 32.1 Å². The molecule has 8 heteroatoms. The molecule has 30 heavy (non-hydrogen) atoms. The van der Waals surface area contributed by atoms with Crippen LogP contribution in [0.15, 0.2) is 46.1 Å². The van der Waals surface area contributed by atoms with Crippen LogP contribution in [0.25, 0.3) is 0 Å². The van der Waals surface area contributed by atoms with Crippen molar-refractivity contribution in [2.45, 2.75) is 46.1 Å². The number of amidine groups is 1. The standard InChI is InChI=1S/C22H34N6O2/c1-4-12-24-16(3)26-22(30)28(13-5-2)15-17-10-11-20(25-14-17)21(29)27-19-9-7-6-8-18(19)23/h6-8,10-11,17,19H,4-5,9,12-15,23H2,1-3H3,(H,27,29)(H,24,26,30). The SMILES string of the molecule is CCCN=C(C)NC(=O)N(CCC)CC1C=CC(C(=O)NC2CC=CC=C2N)=NC1. The van der Waals surface area contributed by atoms with Gasteiger partial charge in [-0.3, -0.25) is 20.1 Å². The predicted molar refractivity (Wildman–Crippen MR) is 122 cm³/mol. The Morgan fingerprint density at radius 3 is 2.77 bits per heavy atom. The lowest BCUT2D eigenvalue weighted by Crippen LogP contribution is -2.45. The third-order valence-electron chi connectivity index (χ3n) is 4.86. The number of carbonyl (C=O) groups is 2. The minimum Gasteiger partial charge on any atom is -0.400 e. The van der Waals surface area contributed by atoms with Crippen molar-refractivity contribution in [2.24, 2.45) is 21.6 Å². The van der Waals surface area contributed by atoms with Crippen molar-refractivity contribution in [3.05, 3.63) is 36.1 Å². The number of urea groups is 1. The van der Waals surface area contributed by atoms with Crippen molar-refractivity contribution in [3.8, 4) is 0 Å². The Morgan fingerprint density at radius 2 is 2.13 bits per heavy atom. The molecule has 1 aliphatic heterocycles. The van der Waals surface area contributed by atoms with Crippen LogP contribution >= 0.6 is 0 Å². The second-order valence-corrected chi connectivity index (χ2v) is 7.54. The Bertz CT molecular complexity index is 766. The molecule has 164 valence electrons. The summed E-state index contributed by atoms with van der Waals surface area (Å²) in [5.74, 6) is 0.464. The topological polar surface area (TPSA) is 112 Å². The first-order valence-corrected chi connectivity index (χ1v) is 10.7. The largest absolute Gasteiger partial charge is 0.400 e. The van der Waals surface area contributed by atoms with Crippen molar-refractivity contribution in [1.82, 2.24) is 15.5 Å². The summed E-state index contributed by atoms with van der Waals surface area (Å²) in [6, 6.07) is -0.347. The first-order chi connectivity index (χ1) is 14.4. The molecule has 0 spiro atoms. The molecule has 8 nitrogen and oxygen atoms in total. The number of rotatable bonds is 8. The summed E-state index contributed by atoms with van der Waals surface area (Å²) < 4.78 is 0. The Morgan fingerprint density at radius 1 is 1.33 bits per heavy atom. The Kier molecular flexibility index (Phi) is 9.31. The minimum atomic E-state index is -0.229. The van der Waals surface area contributed by atoms with E-state index in [2.05, 4.69) is 20.6 Å². The molecule has 0 saturated heterocycles. The highest BCUT2D eigenvalue weighted by molar-refractivity contribution is 6.43. The number of amides is 3. The zero-order chi connectivity index (χ0) is 21.9. The smallest absolute Gasteiger partial charge is 0.322 e. The van der Waals surface area contributed by atoms with E-state index >= 15 is 0 Å². The van der Waals surface area contributed by atoms with E-state index < -0.39 is 0 Å². The number of carbonyl (C=O) groups excluding carboxylic acids is 2. The highest BCUT2D eigenvalue weighted by Gasteiger charge is 2.22. The number of dihydropyridines is 1. The van der Waals surface area contributed by atoms with Gasteiger partial charge in [0.25, 0.3) is 5.91 Å². The number of hydrogen-bond acceptors (Lipinski definition) is 5. The van der Waals surface area contributed by atoms with Crippen LogP contribution in [-0.4, -0.2) is 60.6 Å². The number of nitrogens with zero attached hydrogens (tertiary/aromatic N) is 3. The van der Waals surface area contributed by atoms with Gasteiger partial charge in [0.05, 0.1) is 6.04 Å². The minimum absolute atomic E-state index is 0.0642. The van der Waals surface area contributed by atoms with E-state index in [1.165, 1.54) is 0 Å². The van der Waals surface area contributed by atoms with E-state index in [0.29, 0.717) is 49.8 Å². The average molecular weight is 415 g/mol. The zero-order valence-electron chi connectivity index (χ0n) is 18.2. The maximum Gasteiger partial charge on any atom is 0.322 e. The maximum atomic E-state index is 12.6. The second kappa shape index (κ2) is 11.9. The van der Waals surface area contributed by atoms with Crippen molar-refractivity contribution in [2.75, 3.05) is 26.2 Å². The van der Waals surface area contributed by atoms with Crippen LogP contribution in [0.4, 0.5) is 4.79 Å². The van der Waals surface area contributed by atoms with Crippen LogP contribution in [-0.2, 0) is 4.79 Å². The fraction of sp³-hybridized carbons (Fsp3) is 0.545. The summed E-state index contributed by atoms with van der Waals surface area (Å²) >= 11 is 0. The lowest BCUT2D eigenvalue weighted by Gasteiger charge is -2.27. The van der Waals surface area contributed by atoms with Crippen LogP contribution in [0.1, 0.15) is 40.0 Å². The molecule has 2 atom stereocenters. The van der Waals surface area contributed by atoms with Gasteiger partial charge >= 0.3 is 6.03 Å². The molecule has 0 radical (unpaired) electrons. The van der Waals surface area contributed by atoms with E-state index in [9.17, 15) is 9.59 Å². The van der Waals surface area contributed by atoms with Crippen LogP contribution in [0.5, 0.6) is 0 Å². The molecule has 0 aromatic rings. The average Bonchev–Trinajstić information content (AvgIpc) is 2.74. The molecule has 0 fully saturated rings. The summed E-state index contributed by atoms with van der Waals surface area (Å²) in [6.07, 6.45) is 11.8. The van der Waals surface area contributed by atoms with Crippen molar-refractivity contribution >= 4 is 23.5 Å². The van der Waals surface area contributed by atoms with Gasteiger partial charge in [0.2, 0.25) is 0 Å². The van der Waals surface area contributed by atoms with Gasteiger partial charge in [-0.25, -0.2) is 4.79 Å². The zero-order valence-corrected chi connectivity index (χ0v) is 18.2. The Hall–Kier alpha value is -2.90. The first kappa shape index (κ1) is 23.4. The molecular formula is C22H34N6O2. The monoisotopic (exact) mass is 414 g/mol. The van der Waals surface area contributed by atoms with Gasteiger partial charge in [-0.1, -0.05) is 32.1 Å². The van der Waals surface area contributed by atoms with Crippen molar-refractivity contribution in [1.29, 1.82) is 0 Å². The molecule has 0 aromatic heterocycles. The summed E-state index contributed by atoms with van der Waals surface area (Å²) in [6.45, 7) is 8.24. The number of hydrogen-bond donors (Lipinski definition) is 3. The molecule has 2 rings (SSSR count). The molecule has 0 aromatic carbocycles. The molecule has 1 aliphatic carbocycles. The summed E-state index contributed by atoms with van der Waals surface area (Å²) in [4.78, 5) is 35.6. The van der Waals surface area contributed by atoms with E-state index in [-0.39, 0.29) is 23.9 Å². The van der Waals surface area contributed by atoms with Gasteiger partial charge in [0.1, 0.15) is 11.5 Å². The van der Waals surface area contributed by atoms with E-state index in [4.69, 9.17) is 5.73 Å². The van der Waals surface area contributed by atoms with E-state index in [0.717, 1.165) is 12.8 Å². The molecule has 0 bridgehead atoms. The summed E-state index contributed by atoms with van der Waals surface area (Å²) in [7, 11) is 0. The highest BCUT2D eigenvalue weighted by atomic mass is 16.2. The molecule has 0 saturated carbocycles. The fourth-order valence-corrected chi connectivity index (χ4v) is 3.22. The highest BCUT2D eigenvalue weighted by Crippen LogP contribution is 2.12. The molecule has 4 N–H and O–H groups in total. The quantitative estimate of drug-likeness (QED) is 0.418. The van der Waals surface area contributed by atoms with Crippen LogP contribution in [0, 0.1) is 5.92 Å². The summed E-state index contributed by atoms with van der Waals surface area (Å²) in [5, 5.41) is 5.77. The lowest BCUT2D eigenvalue weighted by atomic mass is 10.0. The number of nitrogens with one attached hydrogen (secondary N) is 2. The molecular weight excluding hydrogens is 380 g/mol. The number of nitrogens with two attached hydrogens (primary N) is 1. The fourth-order valence-electron chi connectivity index (χ4n) is 3.22. The number of allylic oxidation sites excluding steroid dienone is 2. The molecule has 3 amide bonds. The molecule has 2 unspecified atom stereocenters. The molecule has 1 heterocycles. The lowest BCUT2D eigenvalue weighted by molar-refractivity contribution is -0.115. The van der Waals surface area contributed by atoms with Gasteiger partial charge < -0.3 is 16.0 Å². The normalized spacial score (nSPS) is 21.0. The van der Waals surface area contributed by atoms with Gasteiger partial charge in [0.15, 0.2) is 0 Å². The van der Waals surface area contributed by atoms with Crippen LogP contribution in [0.2, 0.25) is 0 Å². The Balaban J connectivity index is 1.88.